The Morgan fingerprint density at radius 1 is 0.875 bits per heavy atom. The van der Waals surface area contributed by atoms with E-state index in [1.807, 2.05) is 6.92 Å². The molecule has 5 heteroatoms. The number of rotatable bonds is 20. The zero-order chi connectivity index (χ0) is 23.3. The molecule has 0 aromatic heterocycles. The number of hydrogen-bond donors (Lipinski definition) is 2. The van der Waals surface area contributed by atoms with E-state index in [2.05, 4.69) is 17.5 Å². The van der Waals surface area contributed by atoms with E-state index in [9.17, 15) is 9.90 Å². The average molecular weight is 447 g/mol. The highest BCUT2D eigenvalue weighted by Gasteiger charge is 2.03. The van der Waals surface area contributed by atoms with Crippen LogP contribution in [0.2, 0.25) is 0 Å². The molecule has 0 saturated heterocycles. The van der Waals surface area contributed by atoms with E-state index in [-0.39, 0.29) is 11.7 Å². The molecule has 0 aliphatic heterocycles. The summed E-state index contributed by atoms with van der Waals surface area (Å²) >= 11 is 0. The number of amides is 1. The lowest BCUT2D eigenvalue weighted by molar-refractivity contribution is -0.121. The summed E-state index contributed by atoms with van der Waals surface area (Å²) in [6.45, 7) is 4.61. The molecule has 5 nitrogen and oxygen atoms in total. The third-order valence-electron chi connectivity index (χ3n) is 5.69. The minimum atomic E-state index is -0.0558. The van der Waals surface area contributed by atoms with Gasteiger partial charge in [0.05, 0.1) is 12.8 Å². The molecule has 0 saturated carbocycles. The Labute approximate surface area is 196 Å². The Hall–Kier alpha value is -2.04. The van der Waals surface area contributed by atoms with Crippen molar-refractivity contribution in [1.82, 2.24) is 5.43 Å². The number of nitrogens with zero attached hydrogens (tertiary/aromatic N) is 1. The first-order valence-corrected chi connectivity index (χ1v) is 12.9. The molecule has 0 fully saturated rings. The van der Waals surface area contributed by atoms with Crippen molar-refractivity contribution in [2.24, 2.45) is 5.10 Å². The van der Waals surface area contributed by atoms with E-state index in [0.717, 1.165) is 18.4 Å². The topological polar surface area (TPSA) is 70.9 Å². The first-order valence-electron chi connectivity index (χ1n) is 12.9. The van der Waals surface area contributed by atoms with Crippen molar-refractivity contribution < 1.29 is 14.6 Å². The van der Waals surface area contributed by atoms with Crippen molar-refractivity contribution >= 4 is 12.1 Å². The Balaban J connectivity index is 1.94. The van der Waals surface area contributed by atoms with E-state index < -0.39 is 0 Å². The molecule has 1 aromatic carbocycles. The maximum atomic E-state index is 11.9. The van der Waals surface area contributed by atoms with Crippen LogP contribution in [0, 0.1) is 0 Å². The number of hydrazone groups is 1. The number of unbranched alkanes of at least 4 members (excludes halogenated alkanes) is 14. The quantitative estimate of drug-likeness (QED) is 0.124. The summed E-state index contributed by atoms with van der Waals surface area (Å²) in [5.74, 6) is 0.460. The second kappa shape index (κ2) is 19.6. The van der Waals surface area contributed by atoms with Gasteiger partial charge in [0, 0.05) is 6.42 Å². The van der Waals surface area contributed by atoms with Gasteiger partial charge >= 0.3 is 0 Å². The molecule has 0 aliphatic rings. The molecule has 1 rings (SSSR count). The number of carbonyl (C=O) groups is 1. The molecule has 0 radical (unpaired) electrons. The molecule has 182 valence electrons. The van der Waals surface area contributed by atoms with Gasteiger partial charge in [-0.25, -0.2) is 5.43 Å². The number of nitrogens with one attached hydrogen (secondary N) is 1. The summed E-state index contributed by atoms with van der Waals surface area (Å²) in [7, 11) is 0. The number of phenolic OH excluding ortho intramolecular Hbond substituents is 1. The number of hydrogen-bond acceptors (Lipinski definition) is 4. The van der Waals surface area contributed by atoms with Crippen molar-refractivity contribution in [2.75, 3.05) is 6.61 Å². The van der Waals surface area contributed by atoms with Crippen LogP contribution in [0.4, 0.5) is 0 Å². The van der Waals surface area contributed by atoms with Gasteiger partial charge in [-0.3, -0.25) is 4.79 Å². The number of ether oxygens (including phenoxy) is 1. The van der Waals surface area contributed by atoms with Crippen molar-refractivity contribution in [3.05, 3.63) is 23.8 Å². The molecule has 1 aromatic rings. The fourth-order valence-electron chi connectivity index (χ4n) is 3.77. The third-order valence-corrected chi connectivity index (χ3v) is 5.69. The fraction of sp³-hybridized carbons (Fsp3) is 0.704. The SMILES string of the molecule is CCCCCCCCCCCCCCCCCC(=O)NN=Cc1ccc(O)c(OCC)c1. The molecule has 32 heavy (non-hydrogen) atoms. The maximum Gasteiger partial charge on any atom is 0.240 e. The first kappa shape index (κ1) is 28.0. The number of carbonyl (C=O) groups excluding carboxylic acids is 1. The van der Waals surface area contributed by atoms with E-state index in [0.29, 0.717) is 18.8 Å². The zero-order valence-electron chi connectivity index (χ0n) is 20.5. The summed E-state index contributed by atoms with van der Waals surface area (Å²) in [5, 5.41) is 13.7. The molecule has 0 spiro atoms. The van der Waals surface area contributed by atoms with Gasteiger partial charge in [-0.15, -0.1) is 0 Å². The van der Waals surface area contributed by atoms with E-state index >= 15 is 0 Å². The second-order valence-electron chi connectivity index (χ2n) is 8.65. The predicted molar refractivity (Wildman–Crippen MR) is 135 cm³/mol. The number of phenols is 1. The highest BCUT2D eigenvalue weighted by molar-refractivity contribution is 5.83. The molecule has 0 aliphatic carbocycles. The lowest BCUT2D eigenvalue weighted by Gasteiger charge is -2.06. The minimum absolute atomic E-state index is 0.0558. The molecule has 0 heterocycles. The Morgan fingerprint density at radius 2 is 1.41 bits per heavy atom. The summed E-state index contributed by atoms with van der Waals surface area (Å²) in [5.41, 5.74) is 3.34. The predicted octanol–water partition coefficient (Wildman–Crippen LogP) is 7.50. The van der Waals surface area contributed by atoms with Crippen LogP contribution in [-0.4, -0.2) is 23.8 Å². The average Bonchev–Trinajstić information content (AvgIpc) is 2.78. The zero-order valence-corrected chi connectivity index (χ0v) is 20.5. The largest absolute Gasteiger partial charge is 0.504 e. The fourth-order valence-corrected chi connectivity index (χ4v) is 3.77. The summed E-state index contributed by atoms with van der Waals surface area (Å²) in [6.07, 6.45) is 21.8. The number of aromatic hydroxyl groups is 1. The minimum Gasteiger partial charge on any atom is -0.504 e. The highest BCUT2D eigenvalue weighted by atomic mass is 16.5. The van der Waals surface area contributed by atoms with Gasteiger partial charge in [0.25, 0.3) is 0 Å². The van der Waals surface area contributed by atoms with Gasteiger partial charge in [-0.05, 0) is 37.1 Å². The molecular formula is C27H46N2O3. The van der Waals surface area contributed by atoms with Crippen LogP contribution in [-0.2, 0) is 4.79 Å². The van der Waals surface area contributed by atoms with Gasteiger partial charge in [-0.1, -0.05) is 96.8 Å². The highest BCUT2D eigenvalue weighted by Crippen LogP contribution is 2.26. The maximum absolute atomic E-state index is 11.9. The Morgan fingerprint density at radius 3 is 1.94 bits per heavy atom. The normalized spacial score (nSPS) is 11.2. The van der Waals surface area contributed by atoms with Gasteiger partial charge < -0.3 is 9.84 Å². The van der Waals surface area contributed by atoms with Crippen LogP contribution in [0.3, 0.4) is 0 Å². The lowest BCUT2D eigenvalue weighted by Crippen LogP contribution is -2.16. The second-order valence-corrected chi connectivity index (χ2v) is 8.65. The monoisotopic (exact) mass is 446 g/mol. The number of benzene rings is 1. The van der Waals surface area contributed by atoms with E-state index in [1.165, 1.54) is 83.5 Å². The van der Waals surface area contributed by atoms with Gasteiger partial charge in [-0.2, -0.15) is 5.10 Å². The summed E-state index contributed by atoms with van der Waals surface area (Å²) in [4.78, 5) is 11.9. The van der Waals surface area contributed by atoms with Crippen LogP contribution in [0.5, 0.6) is 11.5 Å². The van der Waals surface area contributed by atoms with Crippen molar-refractivity contribution in [3.8, 4) is 11.5 Å². The third kappa shape index (κ3) is 14.9. The molecule has 1 amide bonds. The van der Waals surface area contributed by atoms with Crippen LogP contribution in [0.25, 0.3) is 0 Å². The molecule has 0 unspecified atom stereocenters. The van der Waals surface area contributed by atoms with Gasteiger partial charge in [0.2, 0.25) is 5.91 Å². The first-order chi connectivity index (χ1) is 15.7. The Bertz CT molecular complexity index is 631. The molecular weight excluding hydrogens is 400 g/mol. The van der Waals surface area contributed by atoms with Gasteiger partial charge in [0.15, 0.2) is 11.5 Å². The summed E-state index contributed by atoms with van der Waals surface area (Å²) in [6, 6.07) is 4.98. The van der Waals surface area contributed by atoms with Gasteiger partial charge in [0.1, 0.15) is 0 Å². The van der Waals surface area contributed by atoms with Crippen LogP contribution < -0.4 is 10.2 Å². The lowest BCUT2D eigenvalue weighted by atomic mass is 10.0. The molecule has 0 bridgehead atoms. The Kier molecular flexibility index (Phi) is 17.2. The van der Waals surface area contributed by atoms with Crippen LogP contribution in [0.15, 0.2) is 23.3 Å². The van der Waals surface area contributed by atoms with E-state index in [4.69, 9.17) is 4.74 Å². The van der Waals surface area contributed by atoms with Crippen molar-refractivity contribution in [3.63, 3.8) is 0 Å². The molecule has 0 atom stereocenters. The van der Waals surface area contributed by atoms with Crippen molar-refractivity contribution in [2.45, 2.75) is 117 Å². The van der Waals surface area contributed by atoms with Crippen LogP contribution in [0.1, 0.15) is 122 Å². The molecule has 2 N–H and O–H groups in total. The van der Waals surface area contributed by atoms with Crippen LogP contribution >= 0.6 is 0 Å². The standard InChI is InChI=1S/C27H46N2O3/c1-3-5-6-7-8-9-10-11-12-13-14-15-16-17-18-19-27(31)29-28-23-24-20-21-25(30)26(22-24)32-4-2/h20-23,30H,3-19H2,1-2H3,(H,29,31). The summed E-state index contributed by atoms with van der Waals surface area (Å²) < 4.78 is 5.34. The van der Waals surface area contributed by atoms with E-state index in [1.54, 1.807) is 24.4 Å². The van der Waals surface area contributed by atoms with Crippen molar-refractivity contribution in [1.29, 1.82) is 0 Å². The smallest absolute Gasteiger partial charge is 0.240 e.